The predicted molar refractivity (Wildman–Crippen MR) is 110 cm³/mol. The second-order valence-corrected chi connectivity index (χ2v) is 6.52. The van der Waals surface area contributed by atoms with E-state index >= 15 is 0 Å². The summed E-state index contributed by atoms with van der Waals surface area (Å²) < 4.78 is 18.1. The summed E-state index contributed by atoms with van der Waals surface area (Å²) in [6.45, 7) is 3.02. The Labute approximate surface area is 170 Å². The summed E-state index contributed by atoms with van der Waals surface area (Å²) in [4.78, 5) is 16.7. The quantitative estimate of drug-likeness (QED) is 0.634. The van der Waals surface area contributed by atoms with Gasteiger partial charge in [0, 0.05) is 31.0 Å². The van der Waals surface area contributed by atoms with Gasteiger partial charge in [0.15, 0.2) is 11.5 Å². The number of aryl methyl sites for hydroxylation is 1. The van der Waals surface area contributed by atoms with E-state index in [-0.39, 0.29) is 5.91 Å². The summed E-state index contributed by atoms with van der Waals surface area (Å²) in [7, 11) is 4.68. The van der Waals surface area contributed by atoms with Crippen LogP contribution in [0.4, 0.5) is 0 Å². The zero-order valence-corrected chi connectivity index (χ0v) is 17.1. The molecule has 0 unspecified atom stereocenters. The van der Waals surface area contributed by atoms with Crippen LogP contribution >= 0.6 is 0 Å². The van der Waals surface area contributed by atoms with Crippen molar-refractivity contribution in [2.24, 2.45) is 0 Å². The molecule has 1 amide bonds. The van der Waals surface area contributed by atoms with Gasteiger partial charge in [-0.15, -0.1) is 0 Å². The summed E-state index contributed by atoms with van der Waals surface area (Å²) in [5, 5.41) is 2.92. The highest BCUT2D eigenvalue weighted by molar-refractivity contribution is 5.94. The molecule has 1 heterocycles. The number of nitrogens with zero attached hydrogens (tertiary/aromatic N) is 2. The molecule has 0 atom stereocenters. The minimum absolute atomic E-state index is 0.149. The minimum Gasteiger partial charge on any atom is -0.493 e. The summed E-state index contributed by atoms with van der Waals surface area (Å²) in [5.74, 6) is 2.43. The Morgan fingerprint density at radius 1 is 1.00 bits per heavy atom. The van der Waals surface area contributed by atoms with Crippen LogP contribution in [0, 0.1) is 6.92 Å². The van der Waals surface area contributed by atoms with Gasteiger partial charge in [0.25, 0.3) is 5.91 Å². The molecule has 2 aromatic carbocycles. The molecule has 7 nitrogen and oxygen atoms in total. The molecule has 0 saturated carbocycles. The first kappa shape index (κ1) is 20.3. The Hall–Kier alpha value is -3.48. The van der Waals surface area contributed by atoms with Crippen LogP contribution in [0.15, 0.2) is 48.8 Å². The molecular weight excluding hydrogens is 370 g/mol. The topological polar surface area (TPSA) is 74.6 Å². The van der Waals surface area contributed by atoms with Gasteiger partial charge in [-0.25, -0.2) is 4.98 Å². The standard InChI is InChI=1S/C22H25N3O4/c1-15-23-9-10-25(15)14-16-5-7-18(8-6-16)22(26)24-13-17-11-19(27-2)21(29-4)20(12-17)28-3/h5-12H,13-14H2,1-4H3,(H,24,26). The molecule has 0 aliphatic rings. The van der Waals surface area contributed by atoms with Crippen molar-refractivity contribution in [1.29, 1.82) is 0 Å². The van der Waals surface area contributed by atoms with Crippen LogP contribution in [-0.4, -0.2) is 36.8 Å². The van der Waals surface area contributed by atoms with Gasteiger partial charge in [-0.3, -0.25) is 4.79 Å². The lowest BCUT2D eigenvalue weighted by molar-refractivity contribution is 0.0951. The molecule has 0 spiro atoms. The van der Waals surface area contributed by atoms with Crippen molar-refractivity contribution in [3.8, 4) is 17.2 Å². The molecule has 152 valence electrons. The van der Waals surface area contributed by atoms with Crippen LogP contribution in [0.25, 0.3) is 0 Å². The number of nitrogens with one attached hydrogen (secondary N) is 1. The fourth-order valence-corrected chi connectivity index (χ4v) is 3.05. The zero-order chi connectivity index (χ0) is 20.8. The molecule has 0 radical (unpaired) electrons. The number of imidazole rings is 1. The van der Waals surface area contributed by atoms with E-state index in [0.717, 1.165) is 23.5 Å². The fourth-order valence-electron chi connectivity index (χ4n) is 3.05. The first-order valence-electron chi connectivity index (χ1n) is 9.19. The number of amides is 1. The number of benzene rings is 2. The second-order valence-electron chi connectivity index (χ2n) is 6.52. The van der Waals surface area contributed by atoms with E-state index in [1.807, 2.05) is 49.5 Å². The molecule has 29 heavy (non-hydrogen) atoms. The second kappa shape index (κ2) is 9.14. The van der Waals surface area contributed by atoms with Crippen LogP contribution < -0.4 is 19.5 Å². The van der Waals surface area contributed by atoms with E-state index in [4.69, 9.17) is 14.2 Å². The fraction of sp³-hybridized carbons (Fsp3) is 0.273. The minimum atomic E-state index is -0.149. The first-order valence-corrected chi connectivity index (χ1v) is 9.19. The molecule has 1 aromatic heterocycles. The van der Waals surface area contributed by atoms with Crippen LogP contribution in [0.5, 0.6) is 17.2 Å². The highest BCUT2D eigenvalue weighted by atomic mass is 16.5. The van der Waals surface area contributed by atoms with Crippen LogP contribution in [0.1, 0.15) is 27.3 Å². The van der Waals surface area contributed by atoms with Gasteiger partial charge in [-0.1, -0.05) is 12.1 Å². The van der Waals surface area contributed by atoms with Gasteiger partial charge in [-0.2, -0.15) is 0 Å². The number of rotatable bonds is 8. The average Bonchev–Trinajstić information content (AvgIpc) is 3.15. The third kappa shape index (κ3) is 4.68. The van der Waals surface area contributed by atoms with Gasteiger partial charge >= 0.3 is 0 Å². The molecule has 0 bridgehead atoms. The third-order valence-electron chi connectivity index (χ3n) is 4.67. The predicted octanol–water partition coefficient (Wildman–Crippen LogP) is 3.20. The van der Waals surface area contributed by atoms with Crippen LogP contribution in [0.2, 0.25) is 0 Å². The number of carbonyl (C=O) groups is 1. The molecule has 1 N–H and O–H groups in total. The van der Waals surface area contributed by atoms with Crippen molar-refractivity contribution in [1.82, 2.24) is 14.9 Å². The Morgan fingerprint density at radius 3 is 2.17 bits per heavy atom. The summed E-state index contributed by atoms with van der Waals surface area (Å²) in [6.07, 6.45) is 3.72. The summed E-state index contributed by atoms with van der Waals surface area (Å²) in [5.41, 5.74) is 2.55. The number of ether oxygens (including phenoxy) is 3. The Morgan fingerprint density at radius 2 is 1.66 bits per heavy atom. The Kier molecular flexibility index (Phi) is 6.39. The van der Waals surface area contributed by atoms with Crippen molar-refractivity contribution in [3.05, 3.63) is 71.3 Å². The Bertz CT molecular complexity index is 955. The average molecular weight is 395 g/mol. The number of hydrogen-bond acceptors (Lipinski definition) is 5. The van der Waals surface area contributed by atoms with Crippen LogP contribution in [-0.2, 0) is 13.1 Å². The molecule has 0 aliphatic carbocycles. The van der Waals surface area contributed by atoms with E-state index in [1.54, 1.807) is 27.5 Å². The summed E-state index contributed by atoms with van der Waals surface area (Å²) in [6, 6.07) is 11.2. The van der Waals surface area contributed by atoms with Gasteiger partial charge < -0.3 is 24.1 Å². The number of aromatic nitrogens is 2. The lowest BCUT2D eigenvalue weighted by Crippen LogP contribution is -2.22. The first-order chi connectivity index (χ1) is 14.0. The van der Waals surface area contributed by atoms with E-state index in [2.05, 4.69) is 14.9 Å². The number of methoxy groups -OCH3 is 3. The molecule has 7 heteroatoms. The largest absolute Gasteiger partial charge is 0.493 e. The van der Waals surface area contributed by atoms with E-state index in [1.165, 1.54) is 0 Å². The molecular formula is C22H25N3O4. The van der Waals surface area contributed by atoms with E-state index in [9.17, 15) is 4.79 Å². The van der Waals surface area contributed by atoms with Crippen molar-refractivity contribution in [2.75, 3.05) is 21.3 Å². The third-order valence-corrected chi connectivity index (χ3v) is 4.67. The van der Waals surface area contributed by atoms with Gasteiger partial charge in [0.05, 0.1) is 21.3 Å². The maximum absolute atomic E-state index is 12.5. The maximum atomic E-state index is 12.5. The Balaban J connectivity index is 1.65. The normalized spacial score (nSPS) is 10.5. The van der Waals surface area contributed by atoms with E-state index in [0.29, 0.717) is 29.4 Å². The summed E-state index contributed by atoms with van der Waals surface area (Å²) >= 11 is 0. The smallest absolute Gasteiger partial charge is 0.251 e. The zero-order valence-electron chi connectivity index (χ0n) is 17.1. The van der Waals surface area contributed by atoms with Gasteiger partial charge in [-0.05, 0) is 42.3 Å². The molecule has 0 fully saturated rings. The highest BCUT2D eigenvalue weighted by Gasteiger charge is 2.14. The monoisotopic (exact) mass is 395 g/mol. The number of carbonyl (C=O) groups excluding carboxylic acids is 1. The van der Waals surface area contributed by atoms with Crippen molar-refractivity contribution >= 4 is 5.91 Å². The lowest BCUT2D eigenvalue weighted by Gasteiger charge is -2.14. The van der Waals surface area contributed by atoms with Crippen LogP contribution in [0.3, 0.4) is 0 Å². The molecule has 0 aliphatic heterocycles. The van der Waals surface area contributed by atoms with E-state index < -0.39 is 0 Å². The number of hydrogen-bond donors (Lipinski definition) is 1. The highest BCUT2D eigenvalue weighted by Crippen LogP contribution is 2.38. The maximum Gasteiger partial charge on any atom is 0.251 e. The lowest BCUT2D eigenvalue weighted by atomic mass is 10.1. The van der Waals surface area contributed by atoms with Crippen molar-refractivity contribution < 1.29 is 19.0 Å². The molecule has 0 saturated heterocycles. The molecule has 3 rings (SSSR count). The van der Waals surface area contributed by atoms with Crippen molar-refractivity contribution in [3.63, 3.8) is 0 Å². The van der Waals surface area contributed by atoms with Gasteiger partial charge in [0.1, 0.15) is 5.82 Å². The van der Waals surface area contributed by atoms with Crippen molar-refractivity contribution in [2.45, 2.75) is 20.0 Å². The molecule has 3 aromatic rings. The van der Waals surface area contributed by atoms with Gasteiger partial charge in [0.2, 0.25) is 5.75 Å². The SMILES string of the molecule is COc1cc(CNC(=O)c2ccc(Cn3ccnc3C)cc2)cc(OC)c1OC.